The van der Waals surface area contributed by atoms with Crippen molar-refractivity contribution in [2.24, 2.45) is 0 Å². The van der Waals surface area contributed by atoms with E-state index in [1.807, 2.05) is 32.2 Å². The van der Waals surface area contributed by atoms with Crippen molar-refractivity contribution >= 4 is 22.2 Å². The fourth-order valence-electron chi connectivity index (χ4n) is 1.59. The Morgan fingerprint density at radius 3 is 2.59 bits per heavy atom. The molecule has 0 aliphatic carbocycles. The zero-order valence-corrected chi connectivity index (χ0v) is 10.7. The van der Waals surface area contributed by atoms with E-state index in [9.17, 15) is 0 Å². The smallest absolute Gasteiger partial charge is 0.187 e. The van der Waals surface area contributed by atoms with E-state index >= 15 is 0 Å². The molecule has 0 bridgehead atoms. The molecule has 2 aromatic rings. The van der Waals surface area contributed by atoms with Crippen molar-refractivity contribution in [1.29, 1.82) is 5.26 Å². The second-order valence-electron chi connectivity index (χ2n) is 3.80. The lowest BCUT2D eigenvalue weighted by atomic mass is 10.1. The SMILES string of the molecule is Cc1csc(Nc2cc(C)nc(C)c2C#N)n1. The van der Waals surface area contributed by atoms with Gasteiger partial charge in [-0.25, -0.2) is 4.98 Å². The zero-order valence-electron chi connectivity index (χ0n) is 9.90. The van der Waals surface area contributed by atoms with Gasteiger partial charge in [-0.15, -0.1) is 11.3 Å². The zero-order chi connectivity index (χ0) is 12.4. The fourth-order valence-corrected chi connectivity index (χ4v) is 2.30. The van der Waals surface area contributed by atoms with Crippen molar-refractivity contribution < 1.29 is 0 Å². The molecule has 2 rings (SSSR count). The molecule has 2 heterocycles. The van der Waals surface area contributed by atoms with Gasteiger partial charge in [0.15, 0.2) is 5.13 Å². The summed E-state index contributed by atoms with van der Waals surface area (Å²) < 4.78 is 0. The lowest BCUT2D eigenvalue weighted by Gasteiger charge is -2.08. The Labute approximate surface area is 104 Å². The maximum atomic E-state index is 9.13. The Kier molecular flexibility index (Phi) is 3.07. The first-order valence-corrected chi connectivity index (χ1v) is 6.05. The lowest BCUT2D eigenvalue weighted by molar-refractivity contribution is 1.11. The minimum atomic E-state index is 0.573. The molecule has 4 nitrogen and oxygen atoms in total. The van der Waals surface area contributed by atoms with Crippen molar-refractivity contribution in [3.63, 3.8) is 0 Å². The van der Waals surface area contributed by atoms with E-state index in [1.165, 1.54) is 11.3 Å². The maximum Gasteiger partial charge on any atom is 0.187 e. The minimum Gasteiger partial charge on any atom is -0.330 e. The third-order valence-corrected chi connectivity index (χ3v) is 3.18. The molecule has 0 spiro atoms. The van der Waals surface area contributed by atoms with Gasteiger partial charge >= 0.3 is 0 Å². The predicted octanol–water partition coefficient (Wildman–Crippen LogP) is 3.08. The van der Waals surface area contributed by atoms with E-state index in [0.717, 1.165) is 27.9 Å². The van der Waals surface area contributed by atoms with Crippen molar-refractivity contribution in [2.75, 3.05) is 5.32 Å². The van der Waals surface area contributed by atoms with Gasteiger partial charge < -0.3 is 5.32 Å². The third-order valence-electron chi connectivity index (χ3n) is 2.30. The number of nitrogens with one attached hydrogen (secondary N) is 1. The van der Waals surface area contributed by atoms with E-state index in [2.05, 4.69) is 21.4 Å². The van der Waals surface area contributed by atoms with E-state index < -0.39 is 0 Å². The van der Waals surface area contributed by atoms with Gasteiger partial charge in [-0.3, -0.25) is 4.98 Å². The summed E-state index contributed by atoms with van der Waals surface area (Å²) in [5.74, 6) is 0. The summed E-state index contributed by atoms with van der Waals surface area (Å²) in [6.45, 7) is 5.69. The minimum absolute atomic E-state index is 0.573. The normalized spacial score (nSPS) is 10.0. The Bertz CT molecular complexity index is 595. The standard InChI is InChI=1S/C12H12N4S/c1-7-4-11(10(5-13)9(3)14-7)16-12-15-8(2)6-17-12/h4,6H,1-3H3,(H,14,15,16). The largest absolute Gasteiger partial charge is 0.330 e. The van der Waals surface area contributed by atoms with Crippen LogP contribution in [0.4, 0.5) is 10.8 Å². The highest BCUT2D eigenvalue weighted by Crippen LogP contribution is 2.25. The van der Waals surface area contributed by atoms with Gasteiger partial charge in [0.1, 0.15) is 6.07 Å². The summed E-state index contributed by atoms with van der Waals surface area (Å²) >= 11 is 1.52. The molecule has 1 N–H and O–H groups in total. The number of nitrogens with zero attached hydrogens (tertiary/aromatic N) is 3. The Morgan fingerprint density at radius 2 is 2.00 bits per heavy atom. The van der Waals surface area contributed by atoms with Gasteiger partial charge in [0, 0.05) is 11.1 Å². The van der Waals surface area contributed by atoms with Crippen LogP contribution in [0.3, 0.4) is 0 Å². The Morgan fingerprint density at radius 1 is 1.24 bits per heavy atom. The van der Waals surface area contributed by atoms with Crippen LogP contribution in [0.15, 0.2) is 11.4 Å². The van der Waals surface area contributed by atoms with E-state index in [0.29, 0.717) is 5.56 Å². The monoisotopic (exact) mass is 244 g/mol. The van der Waals surface area contributed by atoms with E-state index in [4.69, 9.17) is 5.26 Å². The van der Waals surface area contributed by atoms with Crippen LogP contribution in [0.5, 0.6) is 0 Å². The Balaban J connectivity index is 2.42. The number of rotatable bonds is 2. The highest BCUT2D eigenvalue weighted by molar-refractivity contribution is 7.13. The summed E-state index contributed by atoms with van der Waals surface area (Å²) in [5.41, 5.74) is 3.94. The maximum absolute atomic E-state index is 9.13. The first kappa shape index (κ1) is 11.6. The van der Waals surface area contributed by atoms with Crippen LogP contribution in [-0.2, 0) is 0 Å². The molecule has 2 aromatic heterocycles. The van der Waals surface area contributed by atoms with Gasteiger partial charge in [0.25, 0.3) is 0 Å². The molecule has 0 aromatic carbocycles. The second kappa shape index (κ2) is 4.52. The van der Waals surface area contributed by atoms with Crippen molar-refractivity contribution in [3.8, 4) is 6.07 Å². The first-order chi connectivity index (χ1) is 8.10. The number of hydrogen-bond donors (Lipinski definition) is 1. The van der Waals surface area contributed by atoms with Crippen molar-refractivity contribution in [2.45, 2.75) is 20.8 Å². The van der Waals surface area contributed by atoms with Gasteiger partial charge in [0.05, 0.1) is 22.6 Å². The number of hydrogen-bond acceptors (Lipinski definition) is 5. The molecule has 0 amide bonds. The van der Waals surface area contributed by atoms with Crippen LogP contribution in [0.1, 0.15) is 22.6 Å². The number of aromatic nitrogens is 2. The summed E-state index contributed by atoms with van der Waals surface area (Å²) in [4.78, 5) is 8.59. The quantitative estimate of drug-likeness (QED) is 0.881. The fraction of sp³-hybridized carbons (Fsp3) is 0.250. The number of anilines is 2. The van der Waals surface area contributed by atoms with E-state index in [-0.39, 0.29) is 0 Å². The molecule has 0 aliphatic rings. The molecule has 0 radical (unpaired) electrons. The summed E-state index contributed by atoms with van der Waals surface area (Å²) in [7, 11) is 0. The van der Waals surface area contributed by atoms with Gasteiger partial charge in [-0.2, -0.15) is 5.26 Å². The first-order valence-electron chi connectivity index (χ1n) is 5.17. The number of pyridine rings is 1. The molecule has 0 unspecified atom stereocenters. The molecule has 0 saturated carbocycles. The molecule has 0 aliphatic heterocycles. The lowest BCUT2D eigenvalue weighted by Crippen LogP contribution is -1.99. The number of nitriles is 1. The van der Waals surface area contributed by atoms with E-state index in [1.54, 1.807) is 0 Å². The Hall–Kier alpha value is -1.93. The van der Waals surface area contributed by atoms with Crippen LogP contribution < -0.4 is 5.32 Å². The molecule has 0 atom stereocenters. The molecule has 0 fully saturated rings. The summed E-state index contributed by atoms with van der Waals surface area (Å²) in [5, 5.41) is 15.1. The van der Waals surface area contributed by atoms with Crippen LogP contribution in [0.2, 0.25) is 0 Å². The van der Waals surface area contributed by atoms with Crippen molar-refractivity contribution in [1.82, 2.24) is 9.97 Å². The highest BCUT2D eigenvalue weighted by atomic mass is 32.1. The van der Waals surface area contributed by atoms with Crippen LogP contribution in [0.25, 0.3) is 0 Å². The molecule has 5 heteroatoms. The average molecular weight is 244 g/mol. The molecule has 0 saturated heterocycles. The molecular weight excluding hydrogens is 232 g/mol. The number of thiazole rings is 1. The average Bonchev–Trinajstić information content (AvgIpc) is 2.63. The second-order valence-corrected chi connectivity index (χ2v) is 4.66. The topological polar surface area (TPSA) is 61.6 Å². The van der Waals surface area contributed by atoms with Gasteiger partial charge in [-0.1, -0.05) is 0 Å². The predicted molar refractivity (Wildman–Crippen MR) is 68.6 cm³/mol. The third kappa shape index (κ3) is 2.43. The highest BCUT2D eigenvalue weighted by Gasteiger charge is 2.09. The molecule has 17 heavy (non-hydrogen) atoms. The molecular formula is C12H12N4S. The van der Waals surface area contributed by atoms with Crippen LogP contribution in [0, 0.1) is 32.1 Å². The summed E-state index contributed by atoms with van der Waals surface area (Å²) in [6, 6.07) is 4.03. The van der Waals surface area contributed by atoms with Crippen LogP contribution in [-0.4, -0.2) is 9.97 Å². The molecule has 86 valence electrons. The van der Waals surface area contributed by atoms with Crippen LogP contribution >= 0.6 is 11.3 Å². The van der Waals surface area contributed by atoms with Gasteiger partial charge in [0.2, 0.25) is 0 Å². The number of aryl methyl sites for hydroxylation is 3. The van der Waals surface area contributed by atoms with Crippen molar-refractivity contribution in [3.05, 3.63) is 34.1 Å². The van der Waals surface area contributed by atoms with Gasteiger partial charge in [-0.05, 0) is 26.8 Å². The summed E-state index contributed by atoms with van der Waals surface area (Å²) in [6.07, 6.45) is 0.